The van der Waals surface area contributed by atoms with Gasteiger partial charge in [-0.05, 0) is 31.9 Å². The SMILES string of the molecule is CC(C)CC(C)N(C)CC(C#N)c1ccccc1. The van der Waals surface area contributed by atoms with Crippen LogP contribution >= 0.6 is 0 Å². The standard InChI is InChI=1S/C16H24N2/c1-13(2)10-14(3)18(4)12-16(11-17)15-8-6-5-7-9-15/h5-9,13-14,16H,10,12H2,1-4H3. The predicted molar refractivity (Wildman–Crippen MR) is 76.3 cm³/mol. The monoisotopic (exact) mass is 244 g/mol. The number of benzene rings is 1. The van der Waals surface area contributed by atoms with Crippen LogP contribution in [0.3, 0.4) is 0 Å². The Morgan fingerprint density at radius 2 is 1.78 bits per heavy atom. The summed E-state index contributed by atoms with van der Waals surface area (Å²) in [4.78, 5) is 2.29. The Labute approximate surface area is 111 Å². The molecule has 0 saturated heterocycles. The molecule has 0 bridgehead atoms. The van der Waals surface area contributed by atoms with Gasteiger partial charge in [-0.15, -0.1) is 0 Å². The fourth-order valence-corrected chi connectivity index (χ4v) is 2.24. The summed E-state index contributed by atoms with van der Waals surface area (Å²) in [7, 11) is 2.11. The molecule has 0 aliphatic rings. The van der Waals surface area contributed by atoms with Crippen LogP contribution in [0.4, 0.5) is 0 Å². The van der Waals surface area contributed by atoms with Crippen molar-refractivity contribution in [2.24, 2.45) is 5.92 Å². The fraction of sp³-hybridized carbons (Fsp3) is 0.562. The minimum atomic E-state index is -0.0363. The molecule has 1 rings (SSSR count). The van der Waals surface area contributed by atoms with Gasteiger partial charge < -0.3 is 4.90 Å². The minimum Gasteiger partial charge on any atom is -0.302 e. The lowest BCUT2D eigenvalue weighted by molar-refractivity contribution is 0.224. The van der Waals surface area contributed by atoms with Crippen molar-refractivity contribution < 1.29 is 0 Å². The second kappa shape index (κ2) is 7.18. The average molecular weight is 244 g/mol. The Hall–Kier alpha value is -1.33. The molecular weight excluding hydrogens is 220 g/mol. The fourth-order valence-electron chi connectivity index (χ4n) is 2.24. The first-order valence-corrected chi connectivity index (χ1v) is 6.69. The summed E-state index contributed by atoms with van der Waals surface area (Å²) in [5.74, 6) is 0.658. The number of hydrogen-bond acceptors (Lipinski definition) is 2. The molecule has 0 radical (unpaired) electrons. The molecule has 98 valence electrons. The smallest absolute Gasteiger partial charge is 0.0839 e. The molecule has 0 N–H and O–H groups in total. The van der Waals surface area contributed by atoms with Gasteiger partial charge in [0.2, 0.25) is 0 Å². The molecular formula is C16H24N2. The summed E-state index contributed by atoms with van der Waals surface area (Å²) in [6.45, 7) is 7.51. The molecule has 1 aromatic rings. The molecule has 0 spiro atoms. The van der Waals surface area contributed by atoms with Crippen LogP contribution in [0.1, 0.15) is 38.7 Å². The van der Waals surface area contributed by atoms with Crippen LogP contribution in [0.25, 0.3) is 0 Å². The van der Waals surface area contributed by atoms with Crippen molar-refractivity contribution in [3.8, 4) is 6.07 Å². The van der Waals surface area contributed by atoms with Gasteiger partial charge in [-0.3, -0.25) is 0 Å². The third-order valence-electron chi connectivity index (χ3n) is 3.39. The highest BCUT2D eigenvalue weighted by Gasteiger charge is 2.17. The highest BCUT2D eigenvalue weighted by molar-refractivity contribution is 5.25. The first-order valence-electron chi connectivity index (χ1n) is 6.69. The maximum Gasteiger partial charge on any atom is 0.0839 e. The van der Waals surface area contributed by atoms with E-state index in [4.69, 9.17) is 0 Å². The molecule has 0 aliphatic heterocycles. The van der Waals surface area contributed by atoms with Crippen LogP contribution in [0.15, 0.2) is 30.3 Å². The number of nitriles is 1. The number of likely N-dealkylation sites (N-methyl/N-ethyl adjacent to an activating group) is 1. The van der Waals surface area contributed by atoms with Gasteiger partial charge in [-0.25, -0.2) is 0 Å². The van der Waals surface area contributed by atoms with Gasteiger partial charge in [0, 0.05) is 12.6 Å². The number of nitrogens with zero attached hydrogens (tertiary/aromatic N) is 2. The third-order valence-corrected chi connectivity index (χ3v) is 3.39. The summed E-state index contributed by atoms with van der Waals surface area (Å²) < 4.78 is 0. The lowest BCUT2D eigenvalue weighted by Crippen LogP contribution is -2.33. The lowest BCUT2D eigenvalue weighted by atomic mass is 9.98. The molecule has 18 heavy (non-hydrogen) atoms. The molecule has 0 saturated carbocycles. The van der Waals surface area contributed by atoms with E-state index >= 15 is 0 Å². The largest absolute Gasteiger partial charge is 0.302 e. The Balaban J connectivity index is 2.62. The van der Waals surface area contributed by atoms with Crippen molar-refractivity contribution in [3.63, 3.8) is 0 Å². The van der Waals surface area contributed by atoms with Crippen LogP contribution in [0.5, 0.6) is 0 Å². The summed E-state index contributed by atoms with van der Waals surface area (Å²) >= 11 is 0. The van der Waals surface area contributed by atoms with E-state index in [2.05, 4.69) is 38.8 Å². The maximum atomic E-state index is 9.32. The van der Waals surface area contributed by atoms with E-state index in [-0.39, 0.29) is 5.92 Å². The van der Waals surface area contributed by atoms with Crippen LogP contribution in [0, 0.1) is 17.2 Å². The molecule has 2 unspecified atom stereocenters. The van der Waals surface area contributed by atoms with Gasteiger partial charge in [-0.2, -0.15) is 5.26 Å². The number of rotatable bonds is 6. The predicted octanol–water partition coefficient (Wildman–Crippen LogP) is 3.66. The van der Waals surface area contributed by atoms with Crippen molar-refractivity contribution in [2.45, 2.75) is 39.2 Å². The van der Waals surface area contributed by atoms with E-state index in [0.717, 1.165) is 12.1 Å². The van der Waals surface area contributed by atoms with Crippen LogP contribution in [0.2, 0.25) is 0 Å². The Kier molecular flexibility index (Phi) is 5.88. The van der Waals surface area contributed by atoms with Gasteiger partial charge in [0.25, 0.3) is 0 Å². The van der Waals surface area contributed by atoms with E-state index < -0.39 is 0 Å². The maximum absolute atomic E-state index is 9.32. The first-order chi connectivity index (χ1) is 8.54. The molecule has 0 heterocycles. The van der Waals surface area contributed by atoms with Gasteiger partial charge in [0.1, 0.15) is 0 Å². The van der Waals surface area contributed by atoms with Crippen molar-refractivity contribution in [2.75, 3.05) is 13.6 Å². The van der Waals surface area contributed by atoms with Crippen molar-refractivity contribution in [1.82, 2.24) is 4.90 Å². The van der Waals surface area contributed by atoms with Crippen LogP contribution in [-0.2, 0) is 0 Å². The summed E-state index contributed by atoms with van der Waals surface area (Å²) in [6.07, 6.45) is 1.17. The summed E-state index contributed by atoms with van der Waals surface area (Å²) in [6, 6.07) is 13.0. The van der Waals surface area contributed by atoms with Gasteiger partial charge >= 0.3 is 0 Å². The molecule has 2 atom stereocenters. The highest BCUT2D eigenvalue weighted by atomic mass is 15.1. The lowest BCUT2D eigenvalue weighted by Gasteiger charge is -2.28. The van der Waals surface area contributed by atoms with Gasteiger partial charge in [0.05, 0.1) is 12.0 Å². The summed E-state index contributed by atoms with van der Waals surface area (Å²) in [5, 5.41) is 9.32. The van der Waals surface area contributed by atoms with E-state index in [0.29, 0.717) is 12.0 Å². The Bertz CT molecular complexity index is 378. The average Bonchev–Trinajstić information content (AvgIpc) is 2.35. The zero-order valence-corrected chi connectivity index (χ0v) is 11.9. The van der Waals surface area contributed by atoms with Gasteiger partial charge in [-0.1, -0.05) is 44.2 Å². The zero-order valence-electron chi connectivity index (χ0n) is 11.9. The van der Waals surface area contributed by atoms with E-state index in [9.17, 15) is 5.26 Å². The van der Waals surface area contributed by atoms with E-state index in [1.165, 1.54) is 6.42 Å². The molecule has 0 fully saturated rings. The molecule has 0 aliphatic carbocycles. The highest BCUT2D eigenvalue weighted by Crippen LogP contribution is 2.18. The molecule has 1 aromatic carbocycles. The van der Waals surface area contributed by atoms with Crippen molar-refractivity contribution >= 4 is 0 Å². The molecule has 0 aromatic heterocycles. The van der Waals surface area contributed by atoms with E-state index in [1.54, 1.807) is 0 Å². The molecule has 2 nitrogen and oxygen atoms in total. The third kappa shape index (κ3) is 4.50. The minimum absolute atomic E-state index is 0.0363. The zero-order chi connectivity index (χ0) is 13.5. The van der Waals surface area contributed by atoms with Crippen molar-refractivity contribution in [1.29, 1.82) is 5.26 Å². The van der Waals surface area contributed by atoms with Crippen LogP contribution in [-0.4, -0.2) is 24.5 Å². The normalized spacial score (nSPS) is 14.5. The molecule has 0 amide bonds. The number of hydrogen-bond donors (Lipinski definition) is 0. The topological polar surface area (TPSA) is 27.0 Å². The second-order valence-corrected chi connectivity index (χ2v) is 5.51. The van der Waals surface area contributed by atoms with Gasteiger partial charge in [0.15, 0.2) is 0 Å². The first kappa shape index (κ1) is 14.7. The second-order valence-electron chi connectivity index (χ2n) is 5.51. The quantitative estimate of drug-likeness (QED) is 0.763. The Morgan fingerprint density at radius 1 is 1.17 bits per heavy atom. The van der Waals surface area contributed by atoms with Crippen molar-refractivity contribution in [3.05, 3.63) is 35.9 Å². The Morgan fingerprint density at radius 3 is 2.28 bits per heavy atom. The summed E-state index contributed by atoms with van der Waals surface area (Å²) in [5.41, 5.74) is 1.11. The van der Waals surface area contributed by atoms with Crippen LogP contribution < -0.4 is 0 Å². The molecule has 2 heteroatoms. The van der Waals surface area contributed by atoms with E-state index in [1.807, 2.05) is 30.3 Å².